The Bertz CT molecular complexity index is 919. The lowest BCUT2D eigenvalue weighted by molar-refractivity contribution is 0.0521. The minimum absolute atomic E-state index is 0.117. The van der Waals surface area contributed by atoms with Crippen molar-refractivity contribution in [3.8, 4) is 22.6 Å². The molecule has 0 spiro atoms. The maximum atomic E-state index is 12.8. The number of rotatable bonds is 3. The molecule has 1 aliphatic rings. The van der Waals surface area contributed by atoms with Gasteiger partial charge in [-0.1, -0.05) is 24.3 Å². The molecule has 0 atom stereocenters. The standard InChI is InChI=1S/C18H13NO4/c1-2-22-18(21)16-13(12-8-5-9-23-12)14-15(19-16)10-6-3-4-7-11(10)17(14)20/h3-9,19H,2H2,1H3. The molecule has 4 rings (SSSR count). The second-order valence-corrected chi connectivity index (χ2v) is 5.20. The molecule has 2 heterocycles. The van der Waals surface area contributed by atoms with Gasteiger partial charge < -0.3 is 14.1 Å². The summed E-state index contributed by atoms with van der Waals surface area (Å²) in [6.45, 7) is 1.99. The van der Waals surface area contributed by atoms with Crippen LogP contribution in [0, 0.1) is 0 Å². The van der Waals surface area contributed by atoms with Gasteiger partial charge in [-0.3, -0.25) is 4.79 Å². The second-order valence-electron chi connectivity index (χ2n) is 5.20. The van der Waals surface area contributed by atoms with Crippen molar-refractivity contribution < 1.29 is 18.7 Å². The lowest BCUT2D eigenvalue weighted by Gasteiger charge is -2.04. The van der Waals surface area contributed by atoms with Crippen molar-refractivity contribution in [1.29, 1.82) is 0 Å². The molecule has 23 heavy (non-hydrogen) atoms. The van der Waals surface area contributed by atoms with Gasteiger partial charge in [0.05, 0.1) is 29.7 Å². The minimum Gasteiger partial charge on any atom is -0.464 e. The first-order valence-corrected chi connectivity index (χ1v) is 7.33. The molecule has 2 aromatic heterocycles. The van der Waals surface area contributed by atoms with E-state index in [0.29, 0.717) is 28.1 Å². The van der Waals surface area contributed by atoms with Gasteiger partial charge in [0.25, 0.3) is 0 Å². The van der Waals surface area contributed by atoms with Crippen molar-refractivity contribution in [1.82, 2.24) is 4.98 Å². The molecule has 0 radical (unpaired) electrons. The number of esters is 1. The van der Waals surface area contributed by atoms with Crippen LogP contribution in [0.25, 0.3) is 22.6 Å². The number of hydrogen-bond donors (Lipinski definition) is 1. The summed E-state index contributed by atoms with van der Waals surface area (Å²) < 4.78 is 10.5. The fourth-order valence-electron chi connectivity index (χ4n) is 2.99. The smallest absolute Gasteiger partial charge is 0.355 e. The number of ether oxygens (including phenoxy) is 1. The van der Waals surface area contributed by atoms with E-state index in [9.17, 15) is 9.59 Å². The van der Waals surface area contributed by atoms with Crippen LogP contribution in [-0.4, -0.2) is 23.3 Å². The number of nitrogens with one attached hydrogen (secondary N) is 1. The number of ketones is 1. The molecule has 5 heteroatoms. The molecule has 0 unspecified atom stereocenters. The summed E-state index contributed by atoms with van der Waals surface area (Å²) in [6.07, 6.45) is 1.51. The number of H-pyrrole nitrogens is 1. The summed E-state index contributed by atoms with van der Waals surface area (Å²) in [5.41, 5.74) is 3.22. The molecule has 0 saturated carbocycles. The van der Waals surface area contributed by atoms with Gasteiger partial charge in [0.15, 0.2) is 5.78 Å². The maximum absolute atomic E-state index is 12.8. The van der Waals surface area contributed by atoms with Crippen molar-refractivity contribution in [2.75, 3.05) is 6.61 Å². The van der Waals surface area contributed by atoms with E-state index in [1.807, 2.05) is 18.2 Å². The number of benzene rings is 1. The monoisotopic (exact) mass is 307 g/mol. The van der Waals surface area contributed by atoms with Crippen molar-refractivity contribution in [3.63, 3.8) is 0 Å². The highest BCUT2D eigenvalue weighted by Gasteiger charge is 2.36. The van der Waals surface area contributed by atoms with Crippen LogP contribution in [0.5, 0.6) is 0 Å². The van der Waals surface area contributed by atoms with Gasteiger partial charge in [-0.25, -0.2) is 4.79 Å². The molecular weight excluding hydrogens is 294 g/mol. The first-order chi connectivity index (χ1) is 11.2. The quantitative estimate of drug-likeness (QED) is 0.586. The molecule has 1 aliphatic carbocycles. The fourth-order valence-corrected chi connectivity index (χ4v) is 2.99. The molecule has 3 aromatic rings. The summed E-state index contributed by atoms with van der Waals surface area (Å²) in [4.78, 5) is 28.1. The largest absolute Gasteiger partial charge is 0.464 e. The zero-order valence-corrected chi connectivity index (χ0v) is 12.4. The number of carbonyl (C=O) groups is 2. The Morgan fingerprint density at radius 3 is 2.61 bits per heavy atom. The number of hydrogen-bond acceptors (Lipinski definition) is 4. The molecule has 0 bridgehead atoms. The number of fused-ring (bicyclic) bond motifs is 3. The highest BCUT2D eigenvalue weighted by atomic mass is 16.5. The molecule has 0 fully saturated rings. The average Bonchev–Trinajstić information content (AvgIpc) is 3.25. The third kappa shape index (κ3) is 1.86. The van der Waals surface area contributed by atoms with Crippen molar-refractivity contribution in [2.24, 2.45) is 0 Å². The van der Waals surface area contributed by atoms with Gasteiger partial charge in [0.1, 0.15) is 11.5 Å². The predicted octanol–water partition coefficient (Wildman–Crippen LogP) is 3.66. The molecule has 0 aliphatic heterocycles. The van der Waals surface area contributed by atoms with Gasteiger partial charge in [-0.05, 0) is 19.1 Å². The topological polar surface area (TPSA) is 72.3 Å². The summed E-state index contributed by atoms with van der Waals surface area (Å²) in [5.74, 6) is -0.154. The van der Waals surface area contributed by atoms with Crippen LogP contribution in [0.3, 0.4) is 0 Å². The zero-order valence-electron chi connectivity index (χ0n) is 12.4. The summed E-state index contributed by atoms with van der Waals surface area (Å²) in [6, 6.07) is 10.8. The number of aromatic amines is 1. The number of aromatic nitrogens is 1. The minimum atomic E-state index is -0.501. The molecule has 114 valence electrons. The van der Waals surface area contributed by atoms with E-state index in [0.717, 1.165) is 5.56 Å². The average molecular weight is 307 g/mol. The van der Waals surface area contributed by atoms with E-state index in [1.54, 1.807) is 25.1 Å². The highest BCUT2D eigenvalue weighted by Crippen LogP contribution is 2.43. The lowest BCUT2D eigenvalue weighted by Crippen LogP contribution is -2.08. The first kappa shape index (κ1) is 13.6. The van der Waals surface area contributed by atoms with Crippen LogP contribution in [0.15, 0.2) is 47.1 Å². The van der Waals surface area contributed by atoms with E-state index in [2.05, 4.69) is 4.98 Å². The lowest BCUT2D eigenvalue weighted by atomic mass is 10.0. The Balaban J connectivity index is 2.00. The van der Waals surface area contributed by atoms with Gasteiger partial charge in [-0.2, -0.15) is 0 Å². The third-order valence-corrected chi connectivity index (χ3v) is 3.92. The second kappa shape index (κ2) is 4.98. The third-order valence-electron chi connectivity index (χ3n) is 3.92. The van der Waals surface area contributed by atoms with Crippen LogP contribution >= 0.6 is 0 Å². The fraction of sp³-hybridized carbons (Fsp3) is 0.111. The molecule has 5 nitrogen and oxygen atoms in total. The summed E-state index contributed by atoms with van der Waals surface area (Å²) >= 11 is 0. The normalized spacial score (nSPS) is 12.1. The van der Waals surface area contributed by atoms with Crippen molar-refractivity contribution >= 4 is 11.8 Å². The van der Waals surface area contributed by atoms with Crippen LogP contribution in [-0.2, 0) is 4.74 Å². The van der Waals surface area contributed by atoms with E-state index < -0.39 is 5.97 Å². The maximum Gasteiger partial charge on any atom is 0.355 e. The highest BCUT2D eigenvalue weighted by molar-refractivity contribution is 6.25. The Hall–Kier alpha value is -3.08. The SMILES string of the molecule is CCOC(=O)c1[nH]c2c(c1-c1ccco1)C(=O)c1ccccc1-2. The van der Waals surface area contributed by atoms with E-state index in [-0.39, 0.29) is 18.1 Å². The van der Waals surface area contributed by atoms with Gasteiger partial charge in [0, 0.05) is 11.1 Å². The van der Waals surface area contributed by atoms with Crippen LogP contribution in [0.2, 0.25) is 0 Å². The number of carbonyl (C=O) groups excluding carboxylic acids is 2. The molecule has 0 amide bonds. The van der Waals surface area contributed by atoms with Crippen molar-refractivity contribution in [2.45, 2.75) is 6.92 Å². The Morgan fingerprint density at radius 1 is 1.13 bits per heavy atom. The van der Waals surface area contributed by atoms with Crippen LogP contribution in [0.1, 0.15) is 33.3 Å². The molecule has 0 saturated heterocycles. The van der Waals surface area contributed by atoms with Crippen LogP contribution < -0.4 is 0 Å². The molecule has 1 aromatic carbocycles. The summed E-state index contributed by atoms with van der Waals surface area (Å²) in [5, 5.41) is 0. The Labute approximate surface area is 131 Å². The van der Waals surface area contributed by atoms with E-state index in [1.165, 1.54) is 6.26 Å². The van der Waals surface area contributed by atoms with Gasteiger partial charge in [-0.15, -0.1) is 0 Å². The first-order valence-electron chi connectivity index (χ1n) is 7.33. The summed E-state index contributed by atoms with van der Waals surface area (Å²) in [7, 11) is 0. The van der Waals surface area contributed by atoms with E-state index >= 15 is 0 Å². The molecule has 1 N–H and O–H groups in total. The number of furan rings is 1. The van der Waals surface area contributed by atoms with Crippen molar-refractivity contribution in [3.05, 3.63) is 59.5 Å². The Morgan fingerprint density at radius 2 is 1.91 bits per heavy atom. The zero-order chi connectivity index (χ0) is 16.0. The predicted molar refractivity (Wildman–Crippen MR) is 83.3 cm³/mol. The van der Waals surface area contributed by atoms with E-state index in [4.69, 9.17) is 9.15 Å². The van der Waals surface area contributed by atoms with Crippen LogP contribution in [0.4, 0.5) is 0 Å². The molecular formula is C18H13NO4. The Kier molecular flexibility index (Phi) is 2.94. The van der Waals surface area contributed by atoms with Gasteiger partial charge in [0.2, 0.25) is 0 Å². The van der Waals surface area contributed by atoms with Gasteiger partial charge >= 0.3 is 5.97 Å².